The van der Waals surface area contributed by atoms with Crippen molar-refractivity contribution in [3.8, 4) is 23.2 Å². The number of ether oxygens (including phenoxy) is 2. The number of hydrogen-bond donors (Lipinski definition) is 1. The smallest absolute Gasteiger partial charge is 0.248 e. The number of aryl methyl sites for hydroxylation is 1. The van der Waals surface area contributed by atoms with Crippen LogP contribution in [0.15, 0.2) is 48.7 Å². The van der Waals surface area contributed by atoms with Crippen LogP contribution in [0.2, 0.25) is 0 Å². The predicted molar refractivity (Wildman–Crippen MR) is 159 cm³/mol. The summed E-state index contributed by atoms with van der Waals surface area (Å²) in [6, 6.07) is 15.2. The first-order valence-corrected chi connectivity index (χ1v) is 14.4. The van der Waals surface area contributed by atoms with Gasteiger partial charge in [-0.25, -0.2) is 14.4 Å². The molecule has 0 saturated carbocycles. The molecule has 2 saturated heterocycles. The number of piperidine rings is 2. The summed E-state index contributed by atoms with van der Waals surface area (Å²) in [5.41, 5.74) is 4.25. The van der Waals surface area contributed by atoms with Gasteiger partial charge in [-0.2, -0.15) is 5.26 Å². The van der Waals surface area contributed by atoms with Gasteiger partial charge >= 0.3 is 0 Å². The number of nitrogens with zero attached hydrogens (tertiary/aromatic N) is 5. The summed E-state index contributed by atoms with van der Waals surface area (Å²) in [6.07, 6.45) is 2.64. The van der Waals surface area contributed by atoms with Crippen LogP contribution in [0.4, 0.5) is 15.9 Å². The summed E-state index contributed by atoms with van der Waals surface area (Å²) in [6.45, 7) is 3.84. The lowest BCUT2D eigenvalue weighted by Crippen LogP contribution is -2.50. The topological polar surface area (TPSA) is 121 Å². The van der Waals surface area contributed by atoms with Crippen molar-refractivity contribution < 1.29 is 23.5 Å². The maximum atomic E-state index is 14.9. The van der Waals surface area contributed by atoms with E-state index >= 15 is 0 Å². The van der Waals surface area contributed by atoms with Crippen LogP contribution in [0, 0.1) is 18.3 Å². The number of carbonyl (C=O) groups excluding carboxylic acids is 2. The number of nitriles is 1. The molecule has 5 rings (SSSR count). The second-order valence-electron chi connectivity index (χ2n) is 10.9. The summed E-state index contributed by atoms with van der Waals surface area (Å²) in [5, 5.41) is 13.2. The van der Waals surface area contributed by atoms with Crippen molar-refractivity contribution in [3.05, 3.63) is 65.4 Å². The molecule has 2 aliphatic rings. The second kappa shape index (κ2) is 13.6. The Bertz CT molecular complexity index is 1500. The van der Waals surface area contributed by atoms with E-state index in [1.807, 2.05) is 11.0 Å². The maximum absolute atomic E-state index is 14.9. The largest absolute Gasteiger partial charge is 0.486 e. The second-order valence-corrected chi connectivity index (χ2v) is 10.9. The maximum Gasteiger partial charge on any atom is 0.248 e. The van der Waals surface area contributed by atoms with E-state index in [0.29, 0.717) is 36.1 Å². The molecule has 43 heavy (non-hydrogen) atoms. The van der Waals surface area contributed by atoms with Crippen molar-refractivity contribution in [2.24, 2.45) is 0 Å². The first-order chi connectivity index (χ1) is 20.9. The van der Waals surface area contributed by atoms with Gasteiger partial charge in [0, 0.05) is 50.6 Å². The van der Waals surface area contributed by atoms with Gasteiger partial charge < -0.3 is 24.6 Å². The molecule has 2 fully saturated rings. The molecule has 1 aromatic heterocycles. The SMILES string of the molecule is COCC(=O)N1CC[C@H](Oc2ccc(-c3nccc(Nc4ccc(C5CCN(C=O)CC5)c(C)c4)n3)cc2C#N)[C@H](F)C1. The van der Waals surface area contributed by atoms with Crippen molar-refractivity contribution in [1.29, 1.82) is 5.26 Å². The van der Waals surface area contributed by atoms with Gasteiger partial charge in [-0.05, 0) is 73.2 Å². The first-order valence-electron chi connectivity index (χ1n) is 14.4. The zero-order valence-electron chi connectivity index (χ0n) is 24.3. The minimum atomic E-state index is -1.39. The van der Waals surface area contributed by atoms with Crippen molar-refractivity contribution in [2.75, 3.05) is 45.2 Å². The van der Waals surface area contributed by atoms with Gasteiger partial charge in [-0.1, -0.05) is 6.07 Å². The van der Waals surface area contributed by atoms with E-state index in [4.69, 9.17) is 9.47 Å². The Balaban J connectivity index is 1.25. The number of methoxy groups -OCH3 is 1. The highest BCUT2D eigenvalue weighted by molar-refractivity contribution is 5.77. The van der Waals surface area contributed by atoms with Crippen LogP contribution in [0.5, 0.6) is 5.75 Å². The Hall–Kier alpha value is -4.56. The zero-order chi connectivity index (χ0) is 30.3. The van der Waals surface area contributed by atoms with Gasteiger partial charge in [0.1, 0.15) is 30.3 Å². The highest BCUT2D eigenvalue weighted by Crippen LogP contribution is 2.32. The van der Waals surface area contributed by atoms with Crippen LogP contribution in [0.25, 0.3) is 11.4 Å². The van der Waals surface area contributed by atoms with E-state index in [-0.39, 0.29) is 30.4 Å². The zero-order valence-corrected chi connectivity index (χ0v) is 24.3. The summed E-state index contributed by atoms with van der Waals surface area (Å²) in [7, 11) is 1.43. The molecule has 2 atom stereocenters. The third-order valence-electron chi connectivity index (χ3n) is 8.06. The third kappa shape index (κ3) is 7.09. The number of alkyl halides is 1. The van der Waals surface area contributed by atoms with Crippen LogP contribution in [-0.2, 0) is 14.3 Å². The summed E-state index contributed by atoms with van der Waals surface area (Å²) < 4.78 is 25.6. The number of hydrogen-bond acceptors (Lipinski definition) is 8. The van der Waals surface area contributed by atoms with E-state index in [1.54, 1.807) is 30.5 Å². The first kappa shape index (κ1) is 29.9. The van der Waals surface area contributed by atoms with Gasteiger partial charge in [0.05, 0.1) is 12.1 Å². The van der Waals surface area contributed by atoms with Gasteiger partial charge in [0.25, 0.3) is 0 Å². The molecule has 2 aliphatic heterocycles. The van der Waals surface area contributed by atoms with Gasteiger partial charge in [0.2, 0.25) is 12.3 Å². The van der Waals surface area contributed by atoms with Crippen LogP contribution < -0.4 is 10.1 Å². The highest BCUT2D eigenvalue weighted by Gasteiger charge is 2.33. The highest BCUT2D eigenvalue weighted by atomic mass is 19.1. The molecule has 11 heteroatoms. The fraction of sp³-hybridized carbons (Fsp3) is 0.406. The number of halogens is 1. The van der Waals surface area contributed by atoms with Crippen molar-refractivity contribution in [3.63, 3.8) is 0 Å². The van der Waals surface area contributed by atoms with Crippen molar-refractivity contribution in [1.82, 2.24) is 19.8 Å². The summed E-state index contributed by atoms with van der Waals surface area (Å²) in [5.74, 6) is 1.48. The molecule has 0 bridgehead atoms. The normalized spacial score (nSPS) is 19.0. The molecular formula is C32H35FN6O4. The Labute approximate surface area is 250 Å². The van der Waals surface area contributed by atoms with E-state index in [1.165, 1.54) is 23.1 Å². The number of benzene rings is 2. The van der Waals surface area contributed by atoms with E-state index in [9.17, 15) is 19.2 Å². The molecule has 2 aromatic carbocycles. The van der Waals surface area contributed by atoms with E-state index in [0.717, 1.165) is 38.0 Å². The van der Waals surface area contributed by atoms with Gasteiger partial charge in [-0.15, -0.1) is 0 Å². The van der Waals surface area contributed by atoms with Crippen molar-refractivity contribution in [2.45, 2.75) is 44.4 Å². The fourth-order valence-corrected chi connectivity index (χ4v) is 5.72. The Morgan fingerprint density at radius 1 is 1.16 bits per heavy atom. The average molecular weight is 587 g/mol. The number of nitrogens with one attached hydrogen (secondary N) is 1. The Morgan fingerprint density at radius 3 is 2.67 bits per heavy atom. The predicted octanol–water partition coefficient (Wildman–Crippen LogP) is 4.37. The number of aromatic nitrogens is 2. The number of rotatable bonds is 9. The molecular weight excluding hydrogens is 551 g/mol. The standard InChI is InChI=1S/C32H35FN6O4/c1-21-15-25(4-5-26(21)22-8-12-38(20-40)13-9-22)36-30-7-11-35-32(37-30)23-3-6-28(24(16-23)17-34)43-29-10-14-39(18-27(29)33)31(41)19-42-2/h3-7,11,15-16,20,22,27,29H,8-10,12-14,18-19H2,1-2H3,(H,35,36,37)/t27-,29+/m1/s1. The average Bonchev–Trinajstić information content (AvgIpc) is 3.02. The molecule has 0 aliphatic carbocycles. The Kier molecular flexibility index (Phi) is 9.47. The lowest BCUT2D eigenvalue weighted by molar-refractivity contribution is -0.139. The molecule has 224 valence electrons. The summed E-state index contributed by atoms with van der Waals surface area (Å²) in [4.78, 5) is 35.4. The minimum absolute atomic E-state index is 0.0799. The number of amides is 2. The quantitative estimate of drug-likeness (QED) is 0.367. The molecule has 0 spiro atoms. The number of carbonyl (C=O) groups is 2. The summed E-state index contributed by atoms with van der Waals surface area (Å²) >= 11 is 0. The van der Waals surface area contributed by atoms with Crippen LogP contribution in [0.1, 0.15) is 41.9 Å². The lowest BCUT2D eigenvalue weighted by Gasteiger charge is -2.34. The monoisotopic (exact) mass is 586 g/mol. The molecule has 3 heterocycles. The molecule has 3 aromatic rings. The molecule has 0 unspecified atom stereocenters. The van der Waals surface area contributed by atoms with E-state index in [2.05, 4.69) is 40.4 Å². The molecule has 10 nitrogen and oxygen atoms in total. The number of likely N-dealkylation sites (tertiary alicyclic amines) is 2. The lowest BCUT2D eigenvalue weighted by atomic mass is 9.87. The van der Waals surface area contributed by atoms with Crippen LogP contribution in [-0.4, -0.2) is 84.3 Å². The van der Waals surface area contributed by atoms with Crippen LogP contribution in [0.3, 0.4) is 0 Å². The number of anilines is 2. The molecule has 0 radical (unpaired) electrons. The minimum Gasteiger partial charge on any atom is -0.486 e. The van der Waals surface area contributed by atoms with Gasteiger partial charge in [-0.3, -0.25) is 9.59 Å². The fourth-order valence-electron chi connectivity index (χ4n) is 5.72. The van der Waals surface area contributed by atoms with E-state index < -0.39 is 12.3 Å². The Morgan fingerprint density at radius 2 is 1.98 bits per heavy atom. The van der Waals surface area contributed by atoms with Gasteiger partial charge in [0.15, 0.2) is 12.0 Å². The molecule has 1 N–H and O–H groups in total. The van der Waals surface area contributed by atoms with Crippen LogP contribution >= 0.6 is 0 Å². The molecule has 2 amide bonds. The third-order valence-corrected chi connectivity index (χ3v) is 8.06. The van der Waals surface area contributed by atoms with Crippen molar-refractivity contribution >= 4 is 23.8 Å².